The Morgan fingerprint density at radius 1 is 1.03 bits per heavy atom. The zero-order chi connectivity index (χ0) is 24.4. The maximum atomic E-state index is 14.8. The summed E-state index contributed by atoms with van der Waals surface area (Å²) in [6.07, 6.45) is 4.70. The Balaban J connectivity index is 1.76. The topological polar surface area (TPSA) is 150 Å². The van der Waals surface area contributed by atoms with Gasteiger partial charge in [-0.25, -0.2) is 9.78 Å². The van der Waals surface area contributed by atoms with E-state index in [9.17, 15) is 28.6 Å². The summed E-state index contributed by atoms with van der Waals surface area (Å²) in [5.74, 6) is -8.95. The monoisotopic (exact) mass is 468 g/mol. The number of primary amides is 1. The number of aromatic nitrogens is 3. The van der Waals surface area contributed by atoms with Crippen LogP contribution in [0.5, 0.6) is 29.0 Å². The number of benzene rings is 2. The number of phenolic OH excluding ortho intramolecular Hbond substituents is 1. The lowest BCUT2D eigenvalue weighted by atomic mass is 10.2. The van der Waals surface area contributed by atoms with Crippen LogP contribution in [0.25, 0.3) is 5.69 Å². The smallest absolute Gasteiger partial charge is 0.342 e. The highest BCUT2D eigenvalue weighted by Gasteiger charge is 2.28. The van der Waals surface area contributed by atoms with Crippen LogP contribution in [0.2, 0.25) is 0 Å². The Morgan fingerprint density at radius 2 is 1.76 bits per heavy atom. The van der Waals surface area contributed by atoms with Crippen molar-refractivity contribution in [2.24, 2.45) is 5.73 Å². The minimum absolute atomic E-state index is 0.0464. The van der Waals surface area contributed by atoms with Gasteiger partial charge < -0.3 is 30.0 Å². The normalized spacial score (nSPS) is 10.6. The maximum Gasteiger partial charge on any atom is 0.342 e. The van der Waals surface area contributed by atoms with E-state index in [0.717, 1.165) is 12.1 Å². The zero-order valence-electron chi connectivity index (χ0n) is 17.0. The largest absolute Gasteiger partial charge is 0.504 e. The number of carboxylic acids is 1. The van der Waals surface area contributed by atoms with Crippen molar-refractivity contribution in [1.82, 2.24) is 14.5 Å². The molecule has 0 saturated heterocycles. The van der Waals surface area contributed by atoms with Crippen molar-refractivity contribution < 1.29 is 38.1 Å². The quantitative estimate of drug-likeness (QED) is 0.372. The fourth-order valence-corrected chi connectivity index (χ4v) is 2.91. The van der Waals surface area contributed by atoms with Crippen molar-refractivity contribution in [2.75, 3.05) is 0 Å². The molecule has 0 bridgehead atoms. The Kier molecular flexibility index (Phi) is 5.79. The number of carbonyl (C=O) groups is 2. The molecule has 0 spiro atoms. The van der Waals surface area contributed by atoms with Gasteiger partial charge in [0.05, 0.1) is 12.0 Å². The van der Waals surface area contributed by atoms with Gasteiger partial charge in [0.15, 0.2) is 11.5 Å². The zero-order valence-corrected chi connectivity index (χ0v) is 17.0. The van der Waals surface area contributed by atoms with E-state index < -0.39 is 52.3 Å². The number of phenols is 1. The van der Waals surface area contributed by atoms with E-state index in [0.29, 0.717) is 5.69 Å². The molecule has 2 aromatic heterocycles. The first-order chi connectivity index (χ1) is 16.2. The molecule has 0 aliphatic rings. The first kappa shape index (κ1) is 22.2. The summed E-state index contributed by atoms with van der Waals surface area (Å²) in [4.78, 5) is 30.4. The van der Waals surface area contributed by atoms with Crippen LogP contribution in [0.1, 0.15) is 20.7 Å². The van der Waals surface area contributed by atoms with Gasteiger partial charge in [-0.15, -0.1) is 0 Å². The number of nitrogens with zero attached hydrogens (tertiary/aromatic N) is 3. The number of imidazole rings is 1. The molecule has 34 heavy (non-hydrogen) atoms. The summed E-state index contributed by atoms with van der Waals surface area (Å²) < 4.78 is 41.8. The molecule has 2 aromatic carbocycles. The second-order valence-corrected chi connectivity index (χ2v) is 6.75. The predicted molar refractivity (Wildman–Crippen MR) is 111 cm³/mol. The van der Waals surface area contributed by atoms with Gasteiger partial charge in [-0.3, -0.25) is 4.79 Å². The van der Waals surface area contributed by atoms with Crippen LogP contribution in [0, 0.1) is 11.6 Å². The van der Waals surface area contributed by atoms with Crippen LogP contribution in [-0.2, 0) is 0 Å². The van der Waals surface area contributed by atoms with Crippen LogP contribution in [0.15, 0.2) is 61.2 Å². The van der Waals surface area contributed by atoms with E-state index in [1.54, 1.807) is 29.1 Å². The molecule has 1 amide bonds. The van der Waals surface area contributed by atoms with Crippen molar-refractivity contribution in [3.05, 3.63) is 83.9 Å². The SMILES string of the molecule is NC(=O)c1ccc(O)c(Oc2nc(Oc3cccc(-n4ccnc4)c3)c(F)c(C(=O)O)c2F)c1. The van der Waals surface area contributed by atoms with Gasteiger partial charge in [-0.2, -0.15) is 13.8 Å². The average Bonchev–Trinajstić information content (AvgIpc) is 3.33. The van der Waals surface area contributed by atoms with E-state index in [1.165, 1.54) is 24.5 Å². The number of amides is 1. The molecule has 0 aliphatic heterocycles. The fourth-order valence-electron chi connectivity index (χ4n) is 2.91. The van der Waals surface area contributed by atoms with Crippen LogP contribution in [0.4, 0.5) is 8.78 Å². The van der Waals surface area contributed by atoms with Gasteiger partial charge in [0, 0.05) is 24.0 Å². The van der Waals surface area contributed by atoms with Crippen molar-refractivity contribution >= 4 is 11.9 Å². The molecule has 0 radical (unpaired) electrons. The van der Waals surface area contributed by atoms with E-state index >= 15 is 0 Å². The third kappa shape index (κ3) is 4.32. The molecule has 4 aromatic rings. The molecular formula is C22H14F2N4O6. The van der Waals surface area contributed by atoms with Crippen LogP contribution < -0.4 is 15.2 Å². The first-order valence-corrected chi connectivity index (χ1v) is 9.43. The maximum absolute atomic E-state index is 14.8. The van der Waals surface area contributed by atoms with Gasteiger partial charge in [-0.05, 0) is 30.3 Å². The number of carbonyl (C=O) groups excluding carboxylic acids is 1. The number of hydrogen-bond donors (Lipinski definition) is 3. The number of aromatic carboxylic acids is 1. The molecule has 12 heteroatoms. The van der Waals surface area contributed by atoms with Crippen molar-refractivity contribution in [2.45, 2.75) is 0 Å². The number of ether oxygens (including phenoxy) is 2. The molecule has 0 unspecified atom stereocenters. The Morgan fingerprint density at radius 3 is 2.41 bits per heavy atom. The summed E-state index contributed by atoms with van der Waals surface area (Å²) in [6, 6.07) is 9.42. The molecule has 4 rings (SSSR count). The number of pyridine rings is 1. The van der Waals surface area contributed by atoms with Gasteiger partial charge >= 0.3 is 5.97 Å². The van der Waals surface area contributed by atoms with Gasteiger partial charge in [0.25, 0.3) is 11.8 Å². The Bertz CT molecular complexity index is 1410. The molecule has 0 aliphatic carbocycles. The number of rotatable bonds is 7. The van der Waals surface area contributed by atoms with E-state index in [-0.39, 0.29) is 11.3 Å². The molecule has 0 atom stereocenters. The predicted octanol–water partition coefficient (Wildman–Crippen LogP) is 3.63. The Hall–Kier alpha value is -5.00. The van der Waals surface area contributed by atoms with Crippen LogP contribution in [-0.4, -0.2) is 36.6 Å². The molecule has 0 saturated carbocycles. The number of nitrogens with two attached hydrogens (primary N) is 1. The van der Waals surface area contributed by atoms with E-state index in [4.69, 9.17) is 15.2 Å². The molecule has 10 nitrogen and oxygen atoms in total. The lowest BCUT2D eigenvalue weighted by molar-refractivity contribution is 0.0683. The minimum atomic E-state index is -1.95. The second-order valence-electron chi connectivity index (χ2n) is 6.75. The summed E-state index contributed by atoms with van der Waals surface area (Å²) in [5.41, 5.74) is 4.27. The number of carboxylic acid groups (broad SMARTS) is 1. The first-order valence-electron chi connectivity index (χ1n) is 9.43. The van der Waals surface area contributed by atoms with Crippen molar-refractivity contribution in [3.63, 3.8) is 0 Å². The highest BCUT2D eigenvalue weighted by molar-refractivity contribution is 5.93. The van der Waals surface area contributed by atoms with E-state index in [2.05, 4.69) is 9.97 Å². The van der Waals surface area contributed by atoms with Crippen molar-refractivity contribution in [1.29, 1.82) is 0 Å². The summed E-state index contributed by atoms with van der Waals surface area (Å²) in [7, 11) is 0. The molecule has 0 fully saturated rings. The lowest BCUT2D eigenvalue weighted by Crippen LogP contribution is -2.11. The molecular weight excluding hydrogens is 454 g/mol. The average molecular weight is 468 g/mol. The summed E-state index contributed by atoms with van der Waals surface area (Å²) >= 11 is 0. The second kappa shape index (κ2) is 8.86. The van der Waals surface area contributed by atoms with Crippen LogP contribution >= 0.6 is 0 Å². The highest BCUT2D eigenvalue weighted by Crippen LogP contribution is 2.36. The number of aromatic hydroxyl groups is 1. The molecule has 2 heterocycles. The lowest BCUT2D eigenvalue weighted by Gasteiger charge is -2.13. The summed E-state index contributed by atoms with van der Waals surface area (Å²) in [5, 5.41) is 19.3. The highest BCUT2D eigenvalue weighted by atomic mass is 19.1. The number of hydrogen-bond acceptors (Lipinski definition) is 7. The van der Waals surface area contributed by atoms with Crippen molar-refractivity contribution in [3.8, 4) is 34.7 Å². The third-order valence-corrected chi connectivity index (χ3v) is 4.52. The van der Waals surface area contributed by atoms with Crippen LogP contribution in [0.3, 0.4) is 0 Å². The Labute approximate surface area is 189 Å². The van der Waals surface area contributed by atoms with Gasteiger partial charge in [0.1, 0.15) is 11.3 Å². The van der Waals surface area contributed by atoms with E-state index in [1.807, 2.05) is 0 Å². The fraction of sp³-hybridized carbons (Fsp3) is 0. The third-order valence-electron chi connectivity index (χ3n) is 4.52. The minimum Gasteiger partial charge on any atom is -0.504 e. The van der Waals surface area contributed by atoms with Gasteiger partial charge in [-0.1, -0.05) is 6.07 Å². The standard InChI is InChI=1S/C22H14F2N4O6/c23-17-16(22(31)32)18(24)21(34-15-8-11(19(25)30)4-5-14(15)29)27-20(17)33-13-3-1-2-12(9-13)28-7-6-26-10-28/h1-10,29H,(H2,25,30)(H,31,32). The number of halogens is 2. The van der Waals surface area contributed by atoms with Gasteiger partial charge in [0.2, 0.25) is 17.5 Å². The molecule has 172 valence electrons. The molecule has 4 N–H and O–H groups in total. The summed E-state index contributed by atoms with van der Waals surface area (Å²) in [6.45, 7) is 0.